The molecule has 1 fully saturated rings. The summed E-state index contributed by atoms with van der Waals surface area (Å²) < 4.78 is 21.7. The number of amides is 1. The fourth-order valence-corrected chi connectivity index (χ4v) is 5.99. The number of likely N-dealkylation sites (N-methyl/N-ethyl adjacent to an activating group) is 1. The fraction of sp³-hybridized carbons (Fsp3) is 0.483. The zero-order valence-corrected chi connectivity index (χ0v) is 20.9. The Morgan fingerprint density at radius 2 is 1.83 bits per heavy atom. The van der Waals surface area contributed by atoms with Crippen LogP contribution in [0.25, 0.3) is 10.9 Å². The Hall–Kier alpha value is -2.86. The van der Waals surface area contributed by atoms with Gasteiger partial charge in [-0.15, -0.1) is 0 Å². The van der Waals surface area contributed by atoms with Gasteiger partial charge in [-0.05, 0) is 86.0 Å². The molecule has 1 saturated heterocycles. The minimum atomic E-state index is -0.194. The molecule has 35 heavy (non-hydrogen) atoms. The molecule has 1 aromatic heterocycles. The molecular formula is C29H36FN3O2. The maximum atomic E-state index is 13.7. The maximum Gasteiger partial charge on any atom is 0.260 e. The van der Waals surface area contributed by atoms with Gasteiger partial charge < -0.3 is 14.2 Å². The van der Waals surface area contributed by atoms with Crippen molar-refractivity contribution in [1.82, 2.24) is 14.4 Å². The van der Waals surface area contributed by atoms with Gasteiger partial charge in [0.05, 0.1) is 5.52 Å². The molecule has 0 bridgehead atoms. The largest absolute Gasteiger partial charge is 0.483 e. The second-order valence-electron chi connectivity index (χ2n) is 10.6. The number of rotatable bonds is 2. The molecule has 0 unspecified atom stereocenters. The lowest BCUT2D eigenvalue weighted by atomic mass is 9.73. The highest BCUT2D eigenvalue weighted by atomic mass is 19.1. The van der Waals surface area contributed by atoms with Gasteiger partial charge in [-0.25, -0.2) is 4.39 Å². The van der Waals surface area contributed by atoms with Crippen molar-refractivity contribution < 1.29 is 13.9 Å². The van der Waals surface area contributed by atoms with Gasteiger partial charge >= 0.3 is 0 Å². The Kier molecular flexibility index (Phi) is 6.83. The number of aromatic nitrogens is 1. The second-order valence-corrected chi connectivity index (χ2v) is 10.6. The number of ether oxygens (including phenoxy) is 1. The van der Waals surface area contributed by atoms with E-state index in [-0.39, 0.29) is 23.7 Å². The van der Waals surface area contributed by atoms with E-state index in [2.05, 4.69) is 17.2 Å². The molecule has 1 spiro atoms. The highest BCUT2D eigenvalue weighted by molar-refractivity contribution is 5.84. The second kappa shape index (κ2) is 10.0. The van der Waals surface area contributed by atoms with Gasteiger partial charge in [0.2, 0.25) is 0 Å². The van der Waals surface area contributed by atoms with E-state index in [1.807, 2.05) is 47.8 Å². The van der Waals surface area contributed by atoms with Crippen LogP contribution in [-0.4, -0.2) is 53.6 Å². The van der Waals surface area contributed by atoms with E-state index in [4.69, 9.17) is 4.74 Å². The lowest BCUT2D eigenvalue weighted by Crippen LogP contribution is -2.47. The summed E-state index contributed by atoms with van der Waals surface area (Å²) in [5.41, 5.74) is 3.54. The minimum Gasteiger partial charge on any atom is -0.483 e. The highest BCUT2D eigenvalue weighted by Gasteiger charge is 2.36. The highest BCUT2D eigenvalue weighted by Crippen LogP contribution is 2.39. The topological polar surface area (TPSA) is 37.7 Å². The molecule has 0 atom stereocenters. The van der Waals surface area contributed by atoms with Crippen LogP contribution in [-0.2, 0) is 24.8 Å². The summed E-state index contributed by atoms with van der Waals surface area (Å²) in [7, 11) is 3.91. The van der Waals surface area contributed by atoms with Crippen LogP contribution in [0.4, 0.5) is 4.39 Å². The fourth-order valence-electron chi connectivity index (χ4n) is 5.99. The number of piperidine rings is 1. The Balaban J connectivity index is 1.27. The summed E-state index contributed by atoms with van der Waals surface area (Å²) in [5, 5.41) is 1.13. The van der Waals surface area contributed by atoms with E-state index in [0.29, 0.717) is 0 Å². The monoisotopic (exact) mass is 477 g/mol. The summed E-state index contributed by atoms with van der Waals surface area (Å²) in [6, 6.07) is 13.2. The van der Waals surface area contributed by atoms with Gasteiger partial charge in [-0.2, -0.15) is 0 Å². The van der Waals surface area contributed by atoms with E-state index in [1.165, 1.54) is 11.1 Å². The maximum absolute atomic E-state index is 13.7. The number of likely N-dealkylation sites (tertiary alicyclic amines) is 1. The predicted molar refractivity (Wildman–Crippen MR) is 137 cm³/mol. The van der Waals surface area contributed by atoms with Crippen molar-refractivity contribution in [2.24, 2.45) is 12.5 Å². The number of hydrogen-bond acceptors (Lipinski definition) is 3. The van der Waals surface area contributed by atoms with Gasteiger partial charge in [-0.1, -0.05) is 24.6 Å². The number of halogens is 1. The molecule has 2 aliphatic heterocycles. The predicted octanol–water partition coefficient (Wildman–Crippen LogP) is 5.16. The minimum absolute atomic E-state index is 0.0465. The molecule has 5 nitrogen and oxygen atoms in total. The average Bonchev–Trinajstić information content (AvgIpc) is 3.16. The molecule has 3 heterocycles. The van der Waals surface area contributed by atoms with E-state index in [9.17, 15) is 9.18 Å². The molecular weight excluding hydrogens is 441 g/mol. The van der Waals surface area contributed by atoms with E-state index < -0.39 is 0 Å². The van der Waals surface area contributed by atoms with Gasteiger partial charge in [0.15, 0.2) is 6.61 Å². The summed E-state index contributed by atoms with van der Waals surface area (Å²) in [4.78, 5) is 17.3. The molecule has 3 aromatic rings. The summed E-state index contributed by atoms with van der Waals surface area (Å²) in [5.74, 6) is 0.694. The summed E-state index contributed by atoms with van der Waals surface area (Å²) in [6.07, 6.45) is 8.73. The number of fused-ring (bicyclic) bond motifs is 2. The van der Waals surface area contributed by atoms with Crippen molar-refractivity contribution in [3.63, 3.8) is 0 Å². The zero-order valence-electron chi connectivity index (χ0n) is 20.9. The first-order valence-corrected chi connectivity index (χ1v) is 12.8. The van der Waals surface area contributed by atoms with Crippen molar-refractivity contribution in [2.75, 3.05) is 33.3 Å². The first-order valence-electron chi connectivity index (χ1n) is 12.8. The Morgan fingerprint density at radius 1 is 1.03 bits per heavy atom. The SMILES string of the molecule is CN1CC2(CCCCc3ccccc3OCC1=O)CCN(Cc1cn(C)c3cc(F)ccc13)CC2. The molecule has 2 aliphatic rings. The number of hydrogen-bond donors (Lipinski definition) is 0. The van der Waals surface area contributed by atoms with Crippen LogP contribution in [0, 0.1) is 11.2 Å². The number of nitrogens with zero attached hydrogens (tertiary/aromatic N) is 3. The zero-order chi connectivity index (χ0) is 24.4. The molecule has 1 amide bonds. The molecule has 5 rings (SSSR count). The number of aryl methyl sites for hydroxylation is 2. The number of carbonyl (C=O) groups is 1. The first kappa shape index (κ1) is 23.9. The Morgan fingerprint density at radius 3 is 2.66 bits per heavy atom. The van der Waals surface area contributed by atoms with E-state index >= 15 is 0 Å². The number of carbonyl (C=O) groups excluding carboxylic acids is 1. The standard InChI is InChI=1S/C29H36FN3O2/c1-31-18-23(25-11-10-24(30)17-26(25)31)19-33-15-13-29(14-16-33)12-6-5-8-22-7-3-4-9-27(22)35-20-28(34)32(2)21-29/h3-4,7,9-11,17-18H,5-6,8,12-16,19-21H2,1-2H3. The number of para-hydroxylation sites is 1. The number of benzene rings is 2. The van der Waals surface area contributed by atoms with Crippen molar-refractivity contribution >= 4 is 16.8 Å². The van der Waals surface area contributed by atoms with Crippen LogP contribution in [0.1, 0.15) is 43.2 Å². The van der Waals surface area contributed by atoms with Crippen molar-refractivity contribution in [3.8, 4) is 5.75 Å². The van der Waals surface area contributed by atoms with Crippen molar-refractivity contribution in [3.05, 3.63) is 65.6 Å². The normalized spacial score (nSPS) is 19.7. The van der Waals surface area contributed by atoms with Crippen LogP contribution in [0.15, 0.2) is 48.7 Å². The van der Waals surface area contributed by atoms with Crippen LogP contribution in [0.5, 0.6) is 5.75 Å². The third-order valence-electron chi connectivity index (χ3n) is 8.07. The van der Waals surface area contributed by atoms with Gasteiger partial charge in [0, 0.05) is 38.8 Å². The van der Waals surface area contributed by atoms with E-state index in [1.54, 1.807) is 12.1 Å². The van der Waals surface area contributed by atoms with E-state index in [0.717, 1.165) is 81.4 Å². The summed E-state index contributed by atoms with van der Waals surface area (Å²) in [6.45, 7) is 3.78. The summed E-state index contributed by atoms with van der Waals surface area (Å²) >= 11 is 0. The van der Waals surface area contributed by atoms with Crippen LogP contribution >= 0.6 is 0 Å². The molecule has 0 N–H and O–H groups in total. The van der Waals surface area contributed by atoms with Gasteiger partial charge in [0.25, 0.3) is 5.91 Å². The third-order valence-corrected chi connectivity index (χ3v) is 8.07. The Labute approximate surface area is 207 Å². The van der Waals surface area contributed by atoms with Gasteiger partial charge in [0.1, 0.15) is 11.6 Å². The van der Waals surface area contributed by atoms with Crippen LogP contribution < -0.4 is 4.74 Å². The van der Waals surface area contributed by atoms with Crippen LogP contribution in [0.2, 0.25) is 0 Å². The van der Waals surface area contributed by atoms with Crippen molar-refractivity contribution in [1.29, 1.82) is 0 Å². The van der Waals surface area contributed by atoms with Crippen molar-refractivity contribution in [2.45, 2.75) is 45.1 Å². The Bertz CT molecular complexity index is 1200. The lowest BCUT2D eigenvalue weighted by Gasteiger charge is -2.44. The molecule has 0 saturated carbocycles. The molecule has 6 heteroatoms. The molecule has 2 aromatic carbocycles. The molecule has 0 aliphatic carbocycles. The third kappa shape index (κ3) is 5.22. The molecule has 0 radical (unpaired) electrons. The van der Waals surface area contributed by atoms with Crippen LogP contribution in [0.3, 0.4) is 0 Å². The lowest BCUT2D eigenvalue weighted by molar-refractivity contribution is -0.134. The smallest absolute Gasteiger partial charge is 0.260 e. The first-order chi connectivity index (χ1) is 16.9. The molecule has 186 valence electrons. The quantitative estimate of drug-likeness (QED) is 0.512. The van der Waals surface area contributed by atoms with Gasteiger partial charge in [-0.3, -0.25) is 9.69 Å². The average molecular weight is 478 g/mol.